The maximum Gasteiger partial charge on any atom is 0.184 e. The molecule has 0 fully saturated rings. The van der Waals surface area contributed by atoms with E-state index in [1.165, 1.54) is 0 Å². The molecule has 0 aliphatic heterocycles. The fourth-order valence-corrected chi connectivity index (χ4v) is 2.30. The molecule has 0 saturated heterocycles. The van der Waals surface area contributed by atoms with Crippen molar-refractivity contribution >= 4 is 17.4 Å². The van der Waals surface area contributed by atoms with Crippen LogP contribution in [0.25, 0.3) is 0 Å². The fourth-order valence-electron chi connectivity index (χ4n) is 2.11. The third-order valence-electron chi connectivity index (χ3n) is 3.27. The van der Waals surface area contributed by atoms with Gasteiger partial charge in [-0.15, -0.1) is 0 Å². The predicted octanol–water partition coefficient (Wildman–Crippen LogP) is 4.15. The van der Waals surface area contributed by atoms with Crippen molar-refractivity contribution in [3.05, 3.63) is 64.2 Å². The maximum atomic E-state index is 12.5. The molecule has 106 valence electrons. The summed E-state index contributed by atoms with van der Waals surface area (Å²) in [5.41, 5.74) is 1.99. The molecule has 2 aromatic carbocycles. The number of hydrogen-bond acceptors (Lipinski definition) is 3. The summed E-state index contributed by atoms with van der Waals surface area (Å²) < 4.78 is 5.24. The van der Waals surface area contributed by atoms with Gasteiger partial charge in [0.05, 0.1) is 13.2 Å². The van der Waals surface area contributed by atoms with Crippen molar-refractivity contribution in [3.8, 4) is 11.8 Å². The monoisotopic (exact) mass is 299 g/mol. The van der Waals surface area contributed by atoms with E-state index in [0.717, 1.165) is 5.56 Å². The summed E-state index contributed by atoms with van der Waals surface area (Å²) >= 11 is 5.90. The van der Waals surface area contributed by atoms with Crippen LogP contribution in [0, 0.1) is 18.3 Å². The van der Waals surface area contributed by atoms with Crippen LogP contribution in [0.5, 0.6) is 5.75 Å². The molecule has 0 N–H and O–H groups in total. The zero-order valence-corrected chi connectivity index (χ0v) is 12.5. The molecule has 21 heavy (non-hydrogen) atoms. The molecular weight excluding hydrogens is 286 g/mol. The quantitative estimate of drug-likeness (QED) is 0.797. The number of nitrogens with zero attached hydrogens (tertiary/aromatic N) is 1. The first-order valence-corrected chi connectivity index (χ1v) is 6.78. The Morgan fingerprint density at radius 1 is 1.29 bits per heavy atom. The van der Waals surface area contributed by atoms with Crippen molar-refractivity contribution in [3.63, 3.8) is 0 Å². The molecule has 4 heteroatoms. The zero-order valence-electron chi connectivity index (χ0n) is 11.8. The molecule has 0 aliphatic carbocycles. The molecule has 0 bridgehead atoms. The van der Waals surface area contributed by atoms with E-state index in [4.69, 9.17) is 16.3 Å². The highest BCUT2D eigenvalue weighted by Gasteiger charge is 2.22. The van der Waals surface area contributed by atoms with Crippen molar-refractivity contribution in [1.82, 2.24) is 0 Å². The number of ketones is 1. The molecule has 1 atom stereocenters. The van der Waals surface area contributed by atoms with Gasteiger partial charge in [-0.25, -0.2) is 0 Å². The Kier molecular flexibility index (Phi) is 4.62. The SMILES string of the molecule is COc1cc(C(C#N)C(=O)c2cccc(Cl)c2)ccc1C. The lowest BCUT2D eigenvalue weighted by atomic mass is 9.91. The molecule has 2 rings (SSSR count). The topological polar surface area (TPSA) is 50.1 Å². The van der Waals surface area contributed by atoms with Crippen molar-refractivity contribution in [2.45, 2.75) is 12.8 Å². The van der Waals surface area contributed by atoms with Crippen LogP contribution in [0.4, 0.5) is 0 Å². The van der Waals surface area contributed by atoms with Gasteiger partial charge in [-0.05, 0) is 36.2 Å². The van der Waals surface area contributed by atoms with Gasteiger partial charge in [0.25, 0.3) is 0 Å². The second-order valence-corrected chi connectivity index (χ2v) is 5.10. The summed E-state index contributed by atoms with van der Waals surface area (Å²) in [6, 6.07) is 14.0. The van der Waals surface area contributed by atoms with Crippen LogP contribution in [0.3, 0.4) is 0 Å². The fraction of sp³-hybridized carbons (Fsp3) is 0.176. The van der Waals surface area contributed by atoms with E-state index in [9.17, 15) is 10.1 Å². The minimum atomic E-state index is -0.877. The average molecular weight is 300 g/mol. The first-order chi connectivity index (χ1) is 10.1. The van der Waals surface area contributed by atoms with Crippen molar-refractivity contribution in [2.24, 2.45) is 0 Å². The summed E-state index contributed by atoms with van der Waals surface area (Å²) in [5.74, 6) is -0.490. The first-order valence-electron chi connectivity index (χ1n) is 6.40. The number of rotatable bonds is 4. The van der Waals surface area contributed by atoms with Crippen LogP contribution < -0.4 is 4.74 Å². The third-order valence-corrected chi connectivity index (χ3v) is 3.50. The summed E-state index contributed by atoms with van der Waals surface area (Å²) in [7, 11) is 1.56. The van der Waals surface area contributed by atoms with Crippen molar-refractivity contribution in [2.75, 3.05) is 7.11 Å². The lowest BCUT2D eigenvalue weighted by Gasteiger charge is -2.12. The molecule has 0 heterocycles. The van der Waals surface area contributed by atoms with Crippen LogP contribution in [0.2, 0.25) is 5.02 Å². The Labute approximate surface area is 128 Å². The van der Waals surface area contributed by atoms with Crippen LogP contribution in [0.15, 0.2) is 42.5 Å². The average Bonchev–Trinajstić information content (AvgIpc) is 2.49. The van der Waals surface area contributed by atoms with Gasteiger partial charge in [-0.3, -0.25) is 4.79 Å². The minimum Gasteiger partial charge on any atom is -0.496 e. The number of benzene rings is 2. The van der Waals surface area contributed by atoms with Gasteiger partial charge in [-0.1, -0.05) is 35.9 Å². The number of Topliss-reactive ketones (excluding diaryl/α,β-unsaturated/α-hetero) is 1. The number of aryl methyl sites for hydroxylation is 1. The molecule has 0 aromatic heterocycles. The normalized spacial score (nSPS) is 11.5. The van der Waals surface area contributed by atoms with E-state index >= 15 is 0 Å². The summed E-state index contributed by atoms with van der Waals surface area (Å²) in [5, 5.41) is 9.84. The lowest BCUT2D eigenvalue weighted by Crippen LogP contribution is -2.11. The minimum absolute atomic E-state index is 0.272. The summed E-state index contributed by atoms with van der Waals surface area (Å²) in [6.07, 6.45) is 0. The second kappa shape index (κ2) is 6.43. The molecule has 0 aliphatic rings. The molecule has 0 radical (unpaired) electrons. The largest absolute Gasteiger partial charge is 0.496 e. The lowest BCUT2D eigenvalue weighted by molar-refractivity contribution is 0.0979. The Morgan fingerprint density at radius 2 is 2.05 bits per heavy atom. The Morgan fingerprint density at radius 3 is 2.67 bits per heavy atom. The van der Waals surface area contributed by atoms with Gasteiger partial charge in [-0.2, -0.15) is 5.26 Å². The highest BCUT2D eigenvalue weighted by atomic mass is 35.5. The number of carbonyl (C=O) groups excluding carboxylic acids is 1. The molecule has 2 aromatic rings. The summed E-state index contributed by atoms with van der Waals surface area (Å²) in [4.78, 5) is 12.5. The highest BCUT2D eigenvalue weighted by Crippen LogP contribution is 2.27. The molecular formula is C17H14ClNO2. The van der Waals surface area contributed by atoms with E-state index in [1.54, 1.807) is 43.5 Å². The smallest absolute Gasteiger partial charge is 0.184 e. The van der Waals surface area contributed by atoms with Crippen LogP contribution >= 0.6 is 11.6 Å². The van der Waals surface area contributed by atoms with Gasteiger partial charge in [0.15, 0.2) is 5.78 Å². The number of hydrogen-bond donors (Lipinski definition) is 0. The van der Waals surface area contributed by atoms with E-state index in [2.05, 4.69) is 6.07 Å². The van der Waals surface area contributed by atoms with Gasteiger partial charge in [0, 0.05) is 10.6 Å². The number of halogens is 1. The predicted molar refractivity (Wildman–Crippen MR) is 81.9 cm³/mol. The van der Waals surface area contributed by atoms with Crippen LogP contribution in [-0.2, 0) is 0 Å². The number of nitriles is 1. The van der Waals surface area contributed by atoms with Gasteiger partial charge < -0.3 is 4.74 Å². The van der Waals surface area contributed by atoms with Crippen LogP contribution in [0.1, 0.15) is 27.4 Å². The van der Waals surface area contributed by atoms with Gasteiger partial charge in [0.1, 0.15) is 11.7 Å². The first kappa shape index (κ1) is 15.1. The third kappa shape index (κ3) is 3.24. The Hall–Kier alpha value is -2.31. The number of methoxy groups -OCH3 is 1. The van der Waals surface area contributed by atoms with Crippen LogP contribution in [-0.4, -0.2) is 12.9 Å². The molecule has 3 nitrogen and oxygen atoms in total. The maximum absolute atomic E-state index is 12.5. The standard InChI is InChI=1S/C17H14ClNO2/c1-11-6-7-12(9-16(11)21-2)15(10-19)17(20)13-4-3-5-14(18)8-13/h3-9,15H,1-2H3. The van der Waals surface area contributed by atoms with E-state index < -0.39 is 5.92 Å². The van der Waals surface area contributed by atoms with E-state index in [0.29, 0.717) is 21.9 Å². The number of ether oxygens (including phenoxy) is 1. The van der Waals surface area contributed by atoms with E-state index in [-0.39, 0.29) is 5.78 Å². The Bertz CT molecular complexity index is 719. The molecule has 1 unspecified atom stereocenters. The van der Waals surface area contributed by atoms with Crippen molar-refractivity contribution in [1.29, 1.82) is 5.26 Å². The Balaban J connectivity index is 2.40. The molecule has 0 spiro atoms. The number of carbonyl (C=O) groups is 1. The highest BCUT2D eigenvalue weighted by molar-refractivity contribution is 6.31. The zero-order chi connectivity index (χ0) is 15.4. The van der Waals surface area contributed by atoms with Gasteiger partial charge in [0.2, 0.25) is 0 Å². The van der Waals surface area contributed by atoms with Crippen molar-refractivity contribution < 1.29 is 9.53 Å². The van der Waals surface area contributed by atoms with Gasteiger partial charge >= 0.3 is 0 Å². The van der Waals surface area contributed by atoms with E-state index in [1.807, 2.05) is 13.0 Å². The summed E-state index contributed by atoms with van der Waals surface area (Å²) in [6.45, 7) is 1.91. The second-order valence-electron chi connectivity index (χ2n) is 4.67. The molecule has 0 saturated carbocycles. The molecule has 0 amide bonds.